The number of fused-ring (bicyclic) bond motifs is 1. The largest absolute Gasteiger partial charge is 0.349 e. The van der Waals surface area contributed by atoms with Crippen molar-refractivity contribution in [3.63, 3.8) is 0 Å². The highest BCUT2D eigenvalue weighted by Gasteiger charge is 2.17. The van der Waals surface area contributed by atoms with E-state index in [0.29, 0.717) is 0 Å². The zero-order valence-corrected chi connectivity index (χ0v) is 5.83. The number of hydrogen-bond donors (Lipinski definition) is 4. The van der Waals surface area contributed by atoms with Crippen LogP contribution in [0.4, 0.5) is 11.5 Å². The van der Waals surface area contributed by atoms with Crippen LogP contribution < -0.4 is 21.9 Å². The van der Waals surface area contributed by atoms with Crippen molar-refractivity contribution in [2.45, 2.75) is 6.29 Å². The lowest BCUT2D eigenvalue weighted by molar-refractivity contribution is 0.656. The van der Waals surface area contributed by atoms with Gasteiger partial charge in [-0.1, -0.05) is 0 Å². The van der Waals surface area contributed by atoms with E-state index in [0.717, 1.165) is 11.5 Å². The second-order valence-electron chi connectivity index (χ2n) is 2.29. The number of nitrogens with two attached hydrogens (primary N) is 1. The molecule has 0 radical (unpaired) electrons. The SMILES string of the molecule is NNC1Nc2cccnc2N1. The number of nitrogens with zero attached hydrogens (tertiary/aromatic N) is 1. The van der Waals surface area contributed by atoms with Crippen LogP contribution in [0.2, 0.25) is 0 Å². The van der Waals surface area contributed by atoms with Gasteiger partial charge in [0.15, 0.2) is 12.1 Å². The zero-order chi connectivity index (χ0) is 7.68. The summed E-state index contributed by atoms with van der Waals surface area (Å²) in [5.41, 5.74) is 3.52. The van der Waals surface area contributed by atoms with E-state index in [9.17, 15) is 0 Å². The molecule has 0 saturated carbocycles. The number of anilines is 2. The Kier molecular flexibility index (Phi) is 1.38. The van der Waals surface area contributed by atoms with Crippen molar-refractivity contribution in [2.24, 2.45) is 5.84 Å². The van der Waals surface area contributed by atoms with Gasteiger partial charge in [0.25, 0.3) is 0 Å². The summed E-state index contributed by atoms with van der Waals surface area (Å²) < 4.78 is 0. The van der Waals surface area contributed by atoms with Crippen molar-refractivity contribution in [2.75, 3.05) is 10.6 Å². The number of aromatic nitrogens is 1. The zero-order valence-electron chi connectivity index (χ0n) is 5.83. The van der Waals surface area contributed by atoms with Crippen LogP contribution >= 0.6 is 0 Å². The molecule has 1 atom stereocenters. The molecule has 0 spiro atoms. The molecular formula is C6H9N5. The van der Waals surface area contributed by atoms with Crippen molar-refractivity contribution in [3.05, 3.63) is 18.3 Å². The predicted octanol–water partition coefficient (Wildman–Crippen LogP) is -0.334. The molecule has 0 aromatic carbocycles. The Hall–Kier alpha value is -1.33. The minimum absolute atomic E-state index is 0.111. The number of hydrogen-bond acceptors (Lipinski definition) is 5. The van der Waals surface area contributed by atoms with Crippen LogP contribution in [0.15, 0.2) is 18.3 Å². The third-order valence-corrected chi connectivity index (χ3v) is 1.56. The van der Waals surface area contributed by atoms with Gasteiger partial charge in [0.2, 0.25) is 0 Å². The minimum Gasteiger partial charge on any atom is -0.349 e. The van der Waals surface area contributed by atoms with Crippen molar-refractivity contribution >= 4 is 11.5 Å². The maximum absolute atomic E-state index is 5.21. The molecule has 1 aliphatic rings. The smallest absolute Gasteiger partial charge is 0.166 e. The van der Waals surface area contributed by atoms with Gasteiger partial charge in [0.1, 0.15) is 0 Å². The highest BCUT2D eigenvalue weighted by Crippen LogP contribution is 2.23. The maximum atomic E-state index is 5.21. The molecule has 0 aliphatic carbocycles. The van der Waals surface area contributed by atoms with Crippen LogP contribution in [0, 0.1) is 0 Å². The van der Waals surface area contributed by atoms with Gasteiger partial charge >= 0.3 is 0 Å². The summed E-state index contributed by atoms with van der Waals surface area (Å²) in [6, 6.07) is 3.80. The first kappa shape index (κ1) is 6.38. The van der Waals surface area contributed by atoms with Crippen LogP contribution in [-0.4, -0.2) is 11.3 Å². The first-order valence-corrected chi connectivity index (χ1v) is 3.34. The molecule has 2 heterocycles. The fourth-order valence-corrected chi connectivity index (χ4v) is 1.05. The van der Waals surface area contributed by atoms with E-state index < -0.39 is 0 Å². The van der Waals surface area contributed by atoms with E-state index in [2.05, 4.69) is 21.0 Å². The predicted molar refractivity (Wildman–Crippen MR) is 42.6 cm³/mol. The summed E-state index contributed by atoms with van der Waals surface area (Å²) in [7, 11) is 0. The average Bonchev–Trinajstić information content (AvgIpc) is 2.46. The molecular weight excluding hydrogens is 142 g/mol. The molecule has 5 N–H and O–H groups in total. The van der Waals surface area contributed by atoms with Gasteiger partial charge < -0.3 is 10.6 Å². The number of rotatable bonds is 1. The van der Waals surface area contributed by atoms with Crippen molar-refractivity contribution < 1.29 is 0 Å². The second-order valence-corrected chi connectivity index (χ2v) is 2.29. The molecule has 0 saturated heterocycles. The van der Waals surface area contributed by atoms with E-state index in [1.807, 2.05) is 12.1 Å². The Bertz CT molecular complexity index is 236. The normalized spacial score (nSPS) is 20.3. The van der Waals surface area contributed by atoms with Crippen LogP contribution in [0.3, 0.4) is 0 Å². The third kappa shape index (κ3) is 0.997. The summed E-state index contributed by atoms with van der Waals surface area (Å²) in [4.78, 5) is 4.09. The number of nitrogens with one attached hydrogen (secondary N) is 3. The quantitative estimate of drug-likeness (QED) is 0.326. The molecule has 58 valence electrons. The maximum Gasteiger partial charge on any atom is 0.166 e. The molecule has 1 unspecified atom stereocenters. The summed E-state index contributed by atoms with van der Waals surface area (Å²) in [5, 5.41) is 6.10. The van der Waals surface area contributed by atoms with Crippen molar-refractivity contribution in [3.8, 4) is 0 Å². The Morgan fingerprint density at radius 2 is 2.45 bits per heavy atom. The fraction of sp³-hybridized carbons (Fsp3) is 0.167. The molecule has 1 aliphatic heterocycles. The molecule has 0 fully saturated rings. The average molecular weight is 151 g/mol. The molecule has 5 heteroatoms. The first-order chi connectivity index (χ1) is 5.40. The van der Waals surface area contributed by atoms with Gasteiger partial charge in [0, 0.05) is 6.20 Å². The number of hydrazine groups is 1. The third-order valence-electron chi connectivity index (χ3n) is 1.56. The van der Waals surface area contributed by atoms with E-state index in [1.54, 1.807) is 6.20 Å². The van der Waals surface area contributed by atoms with Crippen LogP contribution in [0.25, 0.3) is 0 Å². The number of pyridine rings is 1. The monoisotopic (exact) mass is 151 g/mol. The Morgan fingerprint density at radius 1 is 1.55 bits per heavy atom. The molecule has 0 bridgehead atoms. The van der Waals surface area contributed by atoms with Crippen LogP contribution in [0.5, 0.6) is 0 Å². The highest BCUT2D eigenvalue weighted by molar-refractivity contribution is 5.69. The standard InChI is InChI=1S/C6H9N5/c7-11-6-9-4-2-1-3-8-5(4)10-6/h1-3,6,9,11H,7H2,(H,8,10). The topological polar surface area (TPSA) is 75.0 Å². The molecule has 2 rings (SSSR count). The van der Waals surface area contributed by atoms with E-state index in [4.69, 9.17) is 5.84 Å². The molecule has 5 nitrogen and oxygen atoms in total. The Balaban J connectivity index is 2.27. The molecule has 1 aromatic rings. The molecule has 11 heavy (non-hydrogen) atoms. The van der Waals surface area contributed by atoms with Gasteiger partial charge in [-0.15, -0.1) is 0 Å². The lowest BCUT2D eigenvalue weighted by atomic mass is 10.4. The Morgan fingerprint density at radius 3 is 3.18 bits per heavy atom. The van der Waals surface area contributed by atoms with Gasteiger partial charge in [-0.25, -0.2) is 10.4 Å². The van der Waals surface area contributed by atoms with Gasteiger partial charge in [-0.2, -0.15) is 0 Å². The van der Waals surface area contributed by atoms with E-state index >= 15 is 0 Å². The summed E-state index contributed by atoms with van der Waals surface area (Å²) in [6.07, 6.45) is 1.62. The lowest BCUT2D eigenvalue weighted by Gasteiger charge is -2.08. The molecule has 0 amide bonds. The summed E-state index contributed by atoms with van der Waals surface area (Å²) in [5.74, 6) is 6.04. The lowest BCUT2D eigenvalue weighted by Crippen LogP contribution is -2.43. The van der Waals surface area contributed by atoms with Crippen molar-refractivity contribution in [1.82, 2.24) is 10.4 Å². The second kappa shape index (κ2) is 2.37. The minimum atomic E-state index is -0.111. The van der Waals surface area contributed by atoms with E-state index in [1.165, 1.54) is 0 Å². The van der Waals surface area contributed by atoms with Gasteiger partial charge in [0.05, 0.1) is 5.69 Å². The summed E-state index contributed by atoms with van der Waals surface area (Å²) in [6.45, 7) is 0. The molecule has 1 aromatic heterocycles. The van der Waals surface area contributed by atoms with E-state index in [-0.39, 0.29) is 6.29 Å². The van der Waals surface area contributed by atoms with Crippen LogP contribution in [0.1, 0.15) is 0 Å². The first-order valence-electron chi connectivity index (χ1n) is 3.34. The van der Waals surface area contributed by atoms with Gasteiger partial charge in [-0.05, 0) is 12.1 Å². The highest BCUT2D eigenvalue weighted by atomic mass is 15.4. The summed E-state index contributed by atoms with van der Waals surface area (Å²) >= 11 is 0. The fourth-order valence-electron chi connectivity index (χ4n) is 1.05. The van der Waals surface area contributed by atoms with Gasteiger partial charge in [-0.3, -0.25) is 5.84 Å². The van der Waals surface area contributed by atoms with Crippen LogP contribution in [-0.2, 0) is 0 Å². The van der Waals surface area contributed by atoms with Crippen molar-refractivity contribution in [1.29, 1.82) is 0 Å². The Labute approximate surface area is 64.0 Å².